The fourth-order valence-electron chi connectivity index (χ4n) is 5.86. The van der Waals surface area contributed by atoms with Gasteiger partial charge in [-0.25, -0.2) is 4.98 Å². The van der Waals surface area contributed by atoms with Gasteiger partial charge in [0.25, 0.3) is 0 Å². The minimum atomic E-state index is 0.755. The zero-order valence-electron chi connectivity index (χ0n) is 20.2. The zero-order chi connectivity index (χ0) is 22.1. The summed E-state index contributed by atoms with van der Waals surface area (Å²) in [5.74, 6) is 2.03. The van der Waals surface area contributed by atoms with Crippen LogP contribution in [0, 0.1) is 26.7 Å². The standard InChI is InChI=1S/C29H39N3/c1-21-9-11-25(12-10-21)20-32-28-18-23(3)22(2)17-27(28)30-29(32)19-24-13-15-31(16-14-24)26-7-5-4-6-8-26/h9-12,17-18,24,26H,4-8,13-16,19-20H2,1-3H3. The Morgan fingerprint density at radius 2 is 1.53 bits per heavy atom. The Labute approximate surface area is 193 Å². The van der Waals surface area contributed by atoms with Crippen LogP contribution in [0.15, 0.2) is 36.4 Å². The predicted octanol–water partition coefficient (Wildman–Crippen LogP) is 6.60. The van der Waals surface area contributed by atoms with Crippen molar-refractivity contribution in [1.82, 2.24) is 14.5 Å². The number of hydrogen-bond donors (Lipinski definition) is 0. The van der Waals surface area contributed by atoms with Crippen molar-refractivity contribution in [2.75, 3.05) is 13.1 Å². The Bertz CT molecular complexity index is 1050. The SMILES string of the molecule is Cc1ccc(Cn2c(CC3CCN(C4CCCCC4)CC3)nc3cc(C)c(C)cc32)cc1. The Kier molecular flexibility index (Phi) is 6.37. The van der Waals surface area contributed by atoms with E-state index in [0.29, 0.717) is 0 Å². The summed E-state index contributed by atoms with van der Waals surface area (Å²) < 4.78 is 2.50. The predicted molar refractivity (Wildman–Crippen MR) is 134 cm³/mol. The second-order valence-electron chi connectivity index (χ2n) is 10.5. The number of likely N-dealkylation sites (tertiary alicyclic amines) is 1. The first kappa shape index (κ1) is 21.7. The summed E-state index contributed by atoms with van der Waals surface area (Å²) in [4.78, 5) is 7.98. The van der Waals surface area contributed by atoms with Crippen LogP contribution in [0.2, 0.25) is 0 Å². The number of imidazole rings is 1. The van der Waals surface area contributed by atoms with Crippen molar-refractivity contribution < 1.29 is 0 Å². The minimum absolute atomic E-state index is 0.755. The van der Waals surface area contributed by atoms with E-state index in [1.807, 2.05) is 0 Å². The lowest BCUT2D eigenvalue weighted by Crippen LogP contribution is -2.42. The van der Waals surface area contributed by atoms with E-state index < -0.39 is 0 Å². The Balaban J connectivity index is 1.36. The third-order valence-electron chi connectivity index (χ3n) is 8.12. The van der Waals surface area contributed by atoms with E-state index in [-0.39, 0.29) is 0 Å². The maximum Gasteiger partial charge on any atom is 0.110 e. The van der Waals surface area contributed by atoms with E-state index in [0.717, 1.165) is 30.4 Å². The van der Waals surface area contributed by atoms with E-state index in [2.05, 4.69) is 66.6 Å². The van der Waals surface area contributed by atoms with Gasteiger partial charge in [0.05, 0.1) is 11.0 Å². The highest BCUT2D eigenvalue weighted by Crippen LogP contribution is 2.30. The first-order chi connectivity index (χ1) is 15.6. The maximum absolute atomic E-state index is 5.18. The summed E-state index contributed by atoms with van der Waals surface area (Å²) >= 11 is 0. The fourth-order valence-corrected chi connectivity index (χ4v) is 5.86. The Morgan fingerprint density at radius 3 is 2.25 bits per heavy atom. The van der Waals surface area contributed by atoms with Gasteiger partial charge in [0, 0.05) is 19.0 Å². The zero-order valence-corrected chi connectivity index (χ0v) is 20.2. The molecule has 3 aromatic rings. The molecule has 0 spiro atoms. The average Bonchev–Trinajstić information content (AvgIpc) is 3.12. The van der Waals surface area contributed by atoms with E-state index in [4.69, 9.17) is 4.98 Å². The highest BCUT2D eigenvalue weighted by Gasteiger charge is 2.27. The molecule has 5 rings (SSSR count). The molecule has 1 saturated heterocycles. The van der Waals surface area contributed by atoms with Crippen LogP contribution in [0.5, 0.6) is 0 Å². The number of aryl methyl sites for hydroxylation is 3. The van der Waals surface area contributed by atoms with Crippen molar-refractivity contribution >= 4 is 11.0 Å². The number of piperidine rings is 1. The van der Waals surface area contributed by atoms with Crippen molar-refractivity contribution in [2.24, 2.45) is 5.92 Å². The van der Waals surface area contributed by atoms with E-state index in [1.165, 1.54) is 91.6 Å². The molecular formula is C29H39N3. The lowest BCUT2D eigenvalue weighted by atomic mass is 9.88. The maximum atomic E-state index is 5.18. The number of fused-ring (bicyclic) bond motifs is 1. The number of aromatic nitrogens is 2. The van der Waals surface area contributed by atoms with Gasteiger partial charge in [0.2, 0.25) is 0 Å². The van der Waals surface area contributed by atoms with Gasteiger partial charge in [0.1, 0.15) is 5.82 Å². The van der Waals surface area contributed by atoms with Gasteiger partial charge in [-0.2, -0.15) is 0 Å². The minimum Gasteiger partial charge on any atom is -0.323 e. The quantitative estimate of drug-likeness (QED) is 0.456. The van der Waals surface area contributed by atoms with E-state index in [1.54, 1.807) is 0 Å². The molecule has 0 radical (unpaired) electrons. The third kappa shape index (κ3) is 4.64. The summed E-state index contributed by atoms with van der Waals surface area (Å²) in [6.45, 7) is 10.1. The largest absolute Gasteiger partial charge is 0.323 e. The van der Waals surface area contributed by atoms with Gasteiger partial charge in [-0.3, -0.25) is 0 Å². The van der Waals surface area contributed by atoms with Crippen LogP contribution in [0.1, 0.15) is 73.0 Å². The second kappa shape index (κ2) is 9.39. The molecule has 1 aromatic heterocycles. The van der Waals surface area contributed by atoms with Crippen molar-refractivity contribution in [2.45, 2.75) is 84.7 Å². The Hall–Kier alpha value is -2.13. The average molecular weight is 430 g/mol. The number of benzene rings is 2. The molecule has 170 valence electrons. The van der Waals surface area contributed by atoms with E-state index in [9.17, 15) is 0 Å². The van der Waals surface area contributed by atoms with Crippen LogP contribution in [0.25, 0.3) is 11.0 Å². The number of nitrogens with zero attached hydrogens (tertiary/aromatic N) is 3. The molecule has 0 N–H and O–H groups in total. The normalized spacial score (nSPS) is 19.1. The topological polar surface area (TPSA) is 21.1 Å². The van der Waals surface area contributed by atoms with Crippen LogP contribution in [0.4, 0.5) is 0 Å². The molecule has 32 heavy (non-hydrogen) atoms. The first-order valence-electron chi connectivity index (χ1n) is 12.8. The fraction of sp³-hybridized carbons (Fsp3) is 0.552. The summed E-state index contributed by atoms with van der Waals surface area (Å²) in [7, 11) is 0. The Morgan fingerprint density at radius 1 is 0.844 bits per heavy atom. The van der Waals surface area contributed by atoms with Gasteiger partial charge in [-0.05, 0) is 94.3 Å². The number of rotatable bonds is 5. The third-order valence-corrected chi connectivity index (χ3v) is 8.12. The molecule has 2 aromatic carbocycles. The molecule has 2 aliphatic rings. The van der Waals surface area contributed by atoms with E-state index >= 15 is 0 Å². The van der Waals surface area contributed by atoms with Crippen molar-refractivity contribution in [3.05, 3.63) is 64.5 Å². The summed E-state index contributed by atoms with van der Waals surface area (Å²) in [5, 5.41) is 0. The highest BCUT2D eigenvalue weighted by molar-refractivity contribution is 5.78. The summed E-state index contributed by atoms with van der Waals surface area (Å²) in [6, 6.07) is 14.5. The molecule has 1 saturated carbocycles. The molecule has 1 aliphatic carbocycles. The van der Waals surface area contributed by atoms with Gasteiger partial charge in [-0.1, -0.05) is 49.1 Å². The molecule has 3 heteroatoms. The molecule has 0 atom stereocenters. The lowest BCUT2D eigenvalue weighted by molar-refractivity contribution is 0.106. The first-order valence-corrected chi connectivity index (χ1v) is 12.8. The summed E-state index contributed by atoms with van der Waals surface area (Å²) in [5.41, 5.74) is 7.83. The van der Waals surface area contributed by atoms with Crippen LogP contribution in [-0.2, 0) is 13.0 Å². The molecule has 2 fully saturated rings. The lowest BCUT2D eigenvalue weighted by Gasteiger charge is -2.39. The van der Waals surface area contributed by atoms with Crippen LogP contribution in [0.3, 0.4) is 0 Å². The molecular weight excluding hydrogens is 390 g/mol. The van der Waals surface area contributed by atoms with Crippen LogP contribution in [-0.4, -0.2) is 33.6 Å². The molecule has 1 aliphatic heterocycles. The smallest absolute Gasteiger partial charge is 0.110 e. The number of hydrogen-bond acceptors (Lipinski definition) is 2. The van der Waals surface area contributed by atoms with Crippen molar-refractivity contribution in [1.29, 1.82) is 0 Å². The molecule has 0 unspecified atom stereocenters. The van der Waals surface area contributed by atoms with Crippen molar-refractivity contribution in [3.8, 4) is 0 Å². The summed E-state index contributed by atoms with van der Waals surface area (Å²) in [6.07, 6.45) is 10.9. The van der Waals surface area contributed by atoms with Crippen molar-refractivity contribution in [3.63, 3.8) is 0 Å². The van der Waals surface area contributed by atoms with Crippen LogP contribution < -0.4 is 0 Å². The molecule has 2 heterocycles. The monoisotopic (exact) mass is 429 g/mol. The molecule has 3 nitrogen and oxygen atoms in total. The highest BCUT2D eigenvalue weighted by atomic mass is 15.2. The molecule has 0 bridgehead atoms. The second-order valence-corrected chi connectivity index (χ2v) is 10.5. The molecule has 0 amide bonds. The van der Waals surface area contributed by atoms with Gasteiger partial charge >= 0.3 is 0 Å². The van der Waals surface area contributed by atoms with Gasteiger partial charge < -0.3 is 9.47 Å². The van der Waals surface area contributed by atoms with Crippen LogP contribution >= 0.6 is 0 Å². The van der Waals surface area contributed by atoms with Gasteiger partial charge in [-0.15, -0.1) is 0 Å². The van der Waals surface area contributed by atoms with Gasteiger partial charge in [0.15, 0.2) is 0 Å².